The van der Waals surface area contributed by atoms with Crippen molar-refractivity contribution in [2.45, 2.75) is 26.2 Å². The largest absolute Gasteiger partial charge is 0.184 e. The molecule has 0 aromatic heterocycles. The fourth-order valence-electron chi connectivity index (χ4n) is 0.533. The van der Waals surface area contributed by atoms with E-state index in [0.717, 1.165) is 19.3 Å². The van der Waals surface area contributed by atoms with E-state index in [0.29, 0.717) is 6.54 Å². The average molecular weight is 120 g/mol. The highest BCUT2D eigenvalue weighted by atomic mass is 16.8. The minimum absolute atomic E-state index is 0.432. The van der Waals surface area contributed by atoms with Crippen LogP contribution in [0.1, 0.15) is 26.2 Å². The second kappa shape index (κ2) is 5.03. The highest BCUT2D eigenvalue weighted by Crippen LogP contribution is 1.88. The van der Waals surface area contributed by atoms with Gasteiger partial charge in [-0.25, -0.2) is 0 Å². The quantitative estimate of drug-likeness (QED) is 0.356. The summed E-state index contributed by atoms with van der Waals surface area (Å²) in [5, 5.41) is 16.1. The summed E-state index contributed by atoms with van der Waals surface area (Å²) in [6.45, 7) is 2.52. The lowest BCUT2D eigenvalue weighted by Crippen LogP contribution is -3.07. The zero-order valence-electron chi connectivity index (χ0n) is 5.22. The van der Waals surface area contributed by atoms with Gasteiger partial charge in [0.15, 0.2) is 0 Å². The van der Waals surface area contributed by atoms with Gasteiger partial charge in [-0.3, -0.25) is 0 Å². The Kier molecular flexibility index (Phi) is 4.95. The molecular weight excluding hydrogens is 106 g/mol. The molecule has 0 heterocycles. The molecule has 0 unspecified atom stereocenters. The third-order valence-corrected chi connectivity index (χ3v) is 1.00. The van der Waals surface area contributed by atoms with E-state index in [2.05, 4.69) is 6.92 Å². The van der Waals surface area contributed by atoms with E-state index >= 15 is 0 Å². The van der Waals surface area contributed by atoms with Gasteiger partial charge in [0.2, 0.25) is 0 Å². The van der Waals surface area contributed by atoms with E-state index in [4.69, 9.17) is 10.4 Å². The van der Waals surface area contributed by atoms with Crippen molar-refractivity contribution in [3.63, 3.8) is 0 Å². The Morgan fingerprint density at radius 1 is 1.25 bits per heavy atom. The highest BCUT2D eigenvalue weighted by Gasteiger charge is 1.94. The number of unbranched alkanes of at least 4 members (excludes halogenated alkanes) is 2. The standard InChI is InChI=1S/C5H13NO2/c1-2-3-4-5-6(7)8/h7-8H,2-5H2,1H3/p+1. The summed E-state index contributed by atoms with van der Waals surface area (Å²) in [7, 11) is 0. The van der Waals surface area contributed by atoms with Crippen molar-refractivity contribution in [2.75, 3.05) is 6.54 Å². The molecule has 0 fully saturated rings. The van der Waals surface area contributed by atoms with Gasteiger partial charge < -0.3 is 0 Å². The average Bonchev–Trinajstić information content (AvgIpc) is 1.66. The molecule has 0 aliphatic rings. The molecule has 3 N–H and O–H groups in total. The first-order valence-corrected chi connectivity index (χ1v) is 3.01. The Hall–Kier alpha value is -0.120. The molecule has 0 saturated heterocycles. The predicted molar refractivity (Wildman–Crippen MR) is 28.9 cm³/mol. The van der Waals surface area contributed by atoms with E-state index in [-0.39, 0.29) is 0 Å². The maximum atomic E-state index is 8.25. The summed E-state index contributed by atoms with van der Waals surface area (Å²) in [6, 6.07) is 0. The van der Waals surface area contributed by atoms with Crippen LogP contribution in [0.15, 0.2) is 0 Å². The van der Waals surface area contributed by atoms with Crippen LogP contribution in [0, 0.1) is 0 Å². The third-order valence-electron chi connectivity index (χ3n) is 1.00. The topological polar surface area (TPSA) is 44.9 Å². The van der Waals surface area contributed by atoms with Crippen molar-refractivity contribution in [2.24, 2.45) is 0 Å². The molecule has 0 rings (SSSR count). The highest BCUT2D eigenvalue weighted by molar-refractivity contribution is 4.30. The Morgan fingerprint density at radius 3 is 2.25 bits per heavy atom. The van der Waals surface area contributed by atoms with Gasteiger partial charge >= 0.3 is 0 Å². The summed E-state index contributed by atoms with van der Waals surface area (Å²) >= 11 is 0. The van der Waals surface area contributed by atoms with Crippen molar-refractivity contribution in [1.82, 2.24) is 0 Å². The SMILES string of the molecule is CCCCC[NH+](O)O. The first kappa shape index (κ1) is 7.88. The lowest BCUT2D eigenvalue weighted by Gasteiger charge is -1.97. The fourth-order valence-corrected chi connectivity index (χ4v) is 0.533. The molecule has 0 atom stereocenters. The summed E-state index contributed by atoms with van der Waals surface area (Å²) in [4.78, 5) is 0. The van der Waals surface area contributed by atoms with Gasteiger partial charge in [0.1, 0.15) is 6.54 Å². The zero-order valence-corrected chi connectivity index (χ0v) is 5.22. The number of rotatable bonds is 4. The van der Waals surface area contributed by atoms with E-state index in [1.807, 2.05) is 0 Å². The fraction of sp³-hybridized carbons (Fsp3) is 1.00. The van der Waals surface area contributed by atoms with Crippen LogP contribution in [0.2, 0.25) is 0 Å². The molecule has 0 aromatic rings. The van der Waals surface area contributed by atoms with E-state index in [1.54, 1.807) is 0 Å². The maximum Gasteiger partial charge on any atom is 0.140 e. The van der Waals surface area contributed by atoms with E-state index in [1.165, 1.54) is 0 Å². The molecule has 0 aliphatic heterocycles. The zero-order chi connectivity index (χ0) is 6.41. The van der Waals surface area contributed by atoms with Crippen LogP contribution in [0.4, 0.5) is 0 Å². The van der Waals surface area contributed by atoms with Crippen molar-refractivity contribution in [1.29, 1.82) is 0 Å². The molecule has 0 amide bonds. The van der Waals surface area contributed by atoms with E-state index < -0.39 is 5.23 Å². The molecule has 0 spiro atoms. The van der Waals surface area contributed by atoms with E-state index in [9.17, 15) is 0 Å². The van der Waals surface area contributed by atoms with Gasteiger partial charge in [-0.1, -0.05) is 18.6 Å². The number of quaternary nitrogens is 1. The van der Waals surface area contributed by atoms with Gasteiger partial charge in [0, 0.05) is 6.42 Å². The summed E-state index contributed by atoms with van der Waals surface area (Å²) in [6.07, 6.45) is 3.08. The minimum Gasteiger partial charge on any atom is -0.184 e. The first-order chi connectivity index (χ1) is 3.77. The summed E-state index contributed by atoms with van der Waals surface area (Å²) in [5.41, 5.74) is 0. The summed E-state index contributed by atoms with van der Waals surface area (Å²) in [5.74, 6) is 0. The van der Waals surface area contributed by atoms with Gasteiger partial charge in [0.25, 0.3) is 0 Å². The lowest BCUT2D eigenvalue weighted by atomic mass is 10.2. The molecule has 3 nitrogen and oxygen atoms in total. The van der Waals surface area contributed by atoms with Crippen LogP contribution in [-0.4, -0.2) is 17.0 Å². The molecule has 50 valence electrons. The molecule has 0 aromatic carbocycles. The minimum atomic E-state index is -0.432. The van der Waals surface area contributed by atoms with Crippen molar-refractivity contribution in [3.8, 4) is 0 Å². The van der Waals surface area contributed by atoms with Gasteiger partial charge in [-0.2, -0.15) is 10.4 Å². The Morgan fingerprint density at radius 2 is 1.88 bits per heavy atom. The maximum absolute atomic E-state index is 8.25. The number of hydrogen-bond acceptors (Lipinski definition) is 2. The third kappa shape index (κ3) is 5.88. The van der Waals surface area contributed by atoms with Crippen molar-refractivity contribution in [3.05, 3.63) is 0 Å². The molecule has 0 aliphatic carbocycles. The van der Waals surface area contributed by atoms with Crippen LogP contribution in [0.3, 0.4) is 0 Å². The van der Waals surface area contributed by atoms with Crippen LogP contribution >= 0.6 is 0 Å². The number of hydroxylamine groups is 2. The second-order valence-electron chi connectivity index (χ2n) is 1.87. The van der Waals surface area contributed by atoms with Crippen molar-refractivity contribution < 1.29 is 15.6 Å². The molecular formula is C5H14NO2+. The molecule has 0 saturated carbocycles. The van der Waals surface area contributed by atoms with Crippen LogP contribution in [0.25, 0.3) is 0 Å². The molecule has 0 radical (unpaired) electrons. The Balaban J connectivity index is 2.72. The monoisotopic (exact) mass is 120 g/mol. The normalized spacial score (nSPS) is 10.5. The Bertz CT molecular complexity index is 47.7. The number of hydrogen-bond donors (Lipinski definition) is 3. The summed E-state index contributed by atoms with van der Waals surface area (Å²) < 4.78 is 0. The second-order valence-corrected chi connectivity index (χ2v) is 1.87. The number of nitrogens with one attached hydrogen (secondary N) is 1. The molecule has 8 heavy (non-hydrogen) atoms. The van der Waals surface area contributed by atoms with Crippen LogP contribution in [0.5, 0.6) is 0 Å². The van der Waals surface area contributed by atoms with Crippen molar-refractivity contribution >= 4 is 0 Å². The predicted octanol–water partition coefficient (Wildman–Crippen LogP) is -0.160. The Labute approximate surface area is 49.5 Å². The lowest BCUT2D eigenvalue weighted by molar-refractivity contribution is -1.24. The van der Waals surface area contributed by atoms with Gasteiger partial charge in [-0.15, -0.1) is 0 Å². The van der Waals surface area contributed by atoms with Gasteiger partial charge in [-0.05, 0) is 6.42 Å². The molecule has 3 heteroatoms. The first-order valence-electron chi connectivity index (χ1n) is 3.01. The molecule has 0 bridgehead atoms. The van der Waals surface area contributed by atoms with Crippen LogP contribution < -0.4 is 5.23 Å². The van der Waals surface area contributed by atoms with Gasteiger partial charge in [0.05, 0.1) is 0 Å². The van der Waals surface area contributed by atoms with Crippen LogP contribution in [-0.2, 0) is 0 Å². The smallest absolute Gasteiger partial charge is 0.140 e.